The van der Waals surface area contributed by atoms with Crippen molar-refractivity contribution in [2.45, 2.75) is 37.5 Å². The molecule has 0 saturated heterocycles. The molecule has 1 aromatic carbocycles. The Morgan fingerprint density at radius 1 is 1.38 bits per heavy atom. The predicted molar refractivity (Wildman–Crippen MR) is 84.5 cm³/mol. The minimum absolute atomic E-state index is 0.0472. The summed E-state index contributed by atoms with van der Waals surface area (Å²) in [6, 6.07) is 4.15. The van der Waals surface area contributed by atoms with Crippen molar-refractivity contribution in [2.75, 3.05) is 13.3 Å². The molecule has 7 heteroatoms. The lowest BCUT2D eigenvalue weighted by atomic mass is 9.89. The van der Waals surface area contributed by atoms with Crippen LogP contribution in [0.1, 0.15) is 32.8 Å². The third kappa shape index (κ3) is 4.63. The molecule has 0 spiro atoms. The van der Waals surface area contributed by atoms with Gasteiger partial charge in [0.05, 0.1) is 0 Å². The number of alkyl halides is 1. The number of hydrogen-bond donors (Lipinski definition) is 2. The van der Waals surface area contributed by atoms with Gasteiger partial charge >= 0.3 is 0 Å². The fourth-order valence-electron chi connectivity index (χ4n) is 1.79. The molecule has 21 heavy (non-hydrogen) atoms. The zero-order valence-corrected chi connectivity index (χ0v) is 14.7. The molecule has 0 saturated carbocycles. The summed E-state index contributed by atoms with van der Waals surface area (Å²) in [6.07, 6.45) is -0.0846. The van der Waals surface area contributed by atoms with Crippen LogP contribution in [0, 0.1) is 5.82 Å². The summed E-state index contributed by atoms with van der Waals surface area (Å²) in [5, 5.41) is 9.23. The Morgan fingerprint density at radius 2 is 2.00 bits per heavy atom. The molecule has 0 bridgehead atoms. The lowest BCUT2D eigenvalue weighted by Gasteiger charge is -2.36. The number of rotatable bonds is 6. The van der Waals surface area contributed by atoms with Gasteiger partial charge in [0, 0.05) is 28.0 Å². The van der Waals surface area contributed by atoms with E-state index in [9.17, 15) is 18.4 Å². The van der Waals surface area contributed by atoms with Gasteiger partial charge < -0.3 is 9.66 Å². The number of benzene rings is 1. The van der Waals surface area contributed by atoms with E-state index in [4.69, 9.17) is 0 Å². The number of aliphatic hydroxyl groups excluding tert-OH is 1. The summed E-state index contributed by atoms with van der Waals surface area (Å²) >= 11 is 1.61. The minimum atomic E-state index is -1.61. The topological polar surface area (TPSA) is 55.3 Å². The molecule has 120 valence electrons. The molecule has 0 aliphatic heterocycles. The maximum Gasteiger partial charge on any atom is 0.136 e. The summed E-state index contributed by atoms with van der Waals surface area (Å²) in [6.45, 7) is 3.85. The van der Waals surface area contributed by atoms with Gasteiger partial charge in [-0.05, 0) is 45.4 Å². The number of hydrogen-bond acceptors (Lipinski definition) is 3. The number of aliphatic hydroxyl groups is 1. The highest BCUT2D eigenvalue weighted by Crippen LogP contribution is 2.33. The summed E-state index contributed by atoms with van der Waals surface area (Å²) in [5.41, 5.74) is -1.48. The molecule has 0 aliphatic rings. The van der Waals surface area contributed by atoms with Crippen molar-refractivity contribution in [2.24, 2.45) is 0 Å². The standard InChI is InChI=1S/C14H20BrF2NO2S/c1-13(2,3)21(20)18-14(9-16,6-7-19)11-8-10(15)4-5-12(11)17/h4-5,8,18-19H,6-7,9H2,1-3H3/t14-,21-/m1/s1. The SMILES string of the molecule is CC(C)(C)[S@@+]([O-])N[C@@](CF)(CCO)c1cc(Br)ccc1F. The average Bonchev–Trinajstić information content (AvgIpc) is 2.39. The Hall–Kier alpha value is -0.210. The molecule has 0 amide bonds. The Bertz CT molecular complexity index is 485. The zero-order chi connectivity index (χ0) is 16.3. The van der Waals surface area contributed by atoms with Crippen molar-refractivity contribution >= 4 is 27.3 Å². The quantitative estimate of drug-likeness (QED) is 0.741. The fraction of sp³-hybridized carbons (Fsp3) is 0.571. The highest BCUT2D eigenvalue weighted by atomic mass is 79.9. The van der Waals surface area contributed by atoms with Crippen molar-refractivity contribution in [3.63, 3.8) is 0 Å². The van der Waals surface area contributed by atoms with E-state index < -0.39 is 34.1 Å². The second-order valence-corrected chi connectivity index (χ2v) is 8.68. The van der Waals surface area contributed by atoms with Gasteiger partial charge in [-0.25, -0.2) is 8.78 Å². The summed E-state index contributed by atoms with van der Waals surface area (Å²) in [5.74, 6) is -0.609. The maximum absolute atomic E-state index is 14.1. The molecule has 2 atom stereocenters. The third-order valence-corrected chi connectivity index (χ3v) is 5.24. The Balaban J connectivity index is 3.29. The van der Waals surface area contributed by atoms with Gasteiger partial charge in [0.1, 0.15) is 22.8 Å². The smallest absolute Gasteiger partial charge is 0.136 e. The number of halogens is 3. The van der Waals surface area contributed by atoms with Gasteiger partial charge in [0.2, 0.25) is 0 Å². The van der Waals surface area contributed by atoms with Crippen LogP contribution in [0.5, 0.6) is 0 Å². The number of nitrogens with one attached hydrogen (secondary N) is 1. The van der Waals surface area contributed by atoms with Crippen molar-refractivity contribution in [1.29, 1.82) is 0 Å². The van der Waals surface area contributed by atoms with Gasteiger partial charge in [0.25, 0.3) is 0 Å². The molecular weight excluding hydrogens is 364 g/mol. The van der Waals surface area contributed by atoms with Gasteiger partial charge in [-0.2, -0.15) is 0 Å². The zero-order valence-electron chi connectivity index (χ0n) is 12.3. The first-order chi connectivity index (χ1) is 9.66. The summed E-state index contributed by atoms with van der Waals surface area (Å²) in [7, 11) is 0. The van der Waals surface area contributed by atoms with Crippen LogP contribution in [0.3, 0.4) is 0 Å². The van der Waals surface area contributed by atoms with E-state index in [1.54, 1.807) is 20.8 Å². The lowest BCUT2D eigenvalue weighted by Crippen LogP contribution is -2.53. The van der Waals surface area contributed by atoms with Crippen LogP contribution in [0.25, 0.3) is 0 Å². The molecular formula is C14H20BrF2NO2S. The predicted octanol–water partition coefficient (Wildman–Crippen LogP) is 3.19. The van der Waals surface area contributed by atoms with Gasteiger partial charge in [0.15, 0.2) is 0 Å². The van der Waals surface area contributed by atoms with E-state index in [1.165, 1.54) is 18.2 Å². The van der Waals surface area contributed by atoms with Crippen molar-refractivity contribution in [3.8, 4) is 0 Å². The molecule has 0 heterocycles. The Kier molecular flexibility index (Phi) is 6.61. The van der Waals surface area contributed by atoms with Gasteiger partial charge in [-0.1, -0.05) is 15.9 Å². The monoisotopic (exact) mass is 383 g/mol. The van der Waals surface area contributed by atoms with Crippen LogP contribution < -0.4 is 4.72 Å². The van der Waals surface area contributed by atoms with E-state index in [2.05, 4.69) is 20.7 Å². The molecule has 1 aromatic rings. The normalized spacial score (nSPS) is 16.6. The van der Waals surface area contributed by atoms with Crippen LogP contribution in [0.15, 0.2) is 22.7 Å². The first-order valence-electron chi connectivity index (χ1n) is 6.48. The van der Waals surface area contributed by atoms with E-state index in [1.807, 2.05) is 0 Å². The van der Waals surface area contributed by atoms with E-state index in [-0.39, 0.29) is 18.6 Å². The molecule has 0 aromatic heterocycles. The minimum Gasteiger partial charge on any atom is -0.598 e. The third-order valence-electron chi connectivity index (χ3n) is 3.05. The molecule has 1 rings (SSSR count). The summed E-state index contributed by atoms with van der Waals surface area (Å²) < 4.78 is 42.8. The molecule has 0 aliphatic carbocycles. The van der Waals surface area contributed by atoms with Crippen LogP contribution in [-0.4, -0.2) is 27.7 Å². The second-order valence-electron chi connectivity index (χ2n) is 5.80. The Labute approximate surface area is 135 Å². The largest absolute Gasteiger partial charge is 0.598 e. The van der Waals surface area contributed by atoms with Gasteiger partial charge in [-0.15, -0.1) is 4.72 Å². The fourth-order valence-corrected chi connectivity index (χ4v) is 3.08. The average molecular weight is 384 g/mol. The van der Waals surface area contributed by atoms with Gasteiger partial charge in [-0.3, -0.25) is 0 Å². The second kappa shape index (κ2) is 7.37. The highest BCUT2D eigenvalue weighted by Gasteiger charge is 2.42. The Morgan fingerprint density at radius 3 is 2.48 bits per heavy atom. The molecule has 0 fully saturated rings. The first kappa shape index (κ1) is 18.8. The van der Waals surface area contributed by atoms with E-state index in [0.717, 1.165) is 0 Å². The first-order valence-corrected chi connectivity index (χ1v) is 8.42. The maximum atomic E-state index is 14.1. The molecule has 3 nitrogen and oxygen atoms in total. The van der Waals surface area contributed by atoms with Crippen LogP contribution in [0.4, 0.5) is 8.78 Å². The highest BCUT2D eigenvalue weighted by molar-refractivity contribution is 9.10. The van der Waals surface area contributed by atoms with Crippen LogP contribution >= 0.6 is 15.9 Å². The molecule has 0 unspecified atom stereocenters. The molecule has 2 N–H and O–H groups in total. The van der Waals surface area contributed by atoms with Crippen molar-refractivity contribution < 1.29 is 18.4 Å². The van der Waals surface area contributed by atoms with Crippen LogP contribution in [-0.2, 0) is 16.9 Å². The van der Waals surface area contributed by atoms with Crippen LogP contribution in [0.2, 0.25) is 0 Å². The van der Waals surface area contributed by atoms with E-state index in [0.29, 0.717) is 4.47 Å². The van der Waals surface area contributed by atoms with E-state index >= 15 is 0 Å². The summed E-state index contributed by atoms with van der Waals surface area (Å²) in [4.78, 5) is 0. The van der Waals surface area contributed by atoms with Crippen molar-refractivity contribution in [3.05, 3.63) is 34.1 Å². The molecule has 0 radical (unpaired) electrons. The van der Waals surface area contributed by atoms with Crippen molar-refractivity contribution in [1.82, 2.24) is 4.72 Å². The lowest BCUT2D eigenvalue weighted by molar-refractivity contribution is 0.191.